The average molecular weight is 305 g/mol. The number of aliphatic hydroxyl groups is 1. The zero-order valence-electron chi connectivity index (χ0n) is 11.8. The van der Waals surface area contributed by atoms with Crippen molar-refractivity contribution >= 4 is 16.0 Å². The van der Waals surface area contributed by atoms with Gasteiger partial charge in [0, 0.05) is 6.04 Å². The zero-order valence-corrected chi connectivity index (χ0v) is 12.6. The standard InChI is InChI=1S/C12H19NO6S/c1-6(2)9(5-14)13-20(17,18)11-8(4)19-7(3)10(11)12(15)16/h6,9,13-14H,5H2,1-4H3,(H,15,16). The van der Waals surface area contributed by atoms with Gasteiger partial charge in [-0.2, -0.15) is 0 Å². The SMILES string of the molecule is Cc1oc(C)c(S(=O)(=O)NC(CO)C(C)C)c1C(=O)O. The van der Waals surface area contributed by atoms with Crippen LogP contribution in [0.4, 0.5) is 0 Å². The van der Waals surface area contributed by atoms with E-state index in [1.54, 1.807) is 13.8 Å². The Morgan fingerprint density at radius 3 is 2.25 bits per heavy atom. The van der Waals surface area contributed by atoms with Crippen molar-refractivity contribution in [3.8, 4) is 0 Å². The fourth-order valence-corrected chi connectivity index (χ4v) is 3.66. The summed E-state index contributed by atoms with van der Waals surface area (Å²) in [5, 5.41) is 18.3. The Labute approximate surface area is 117 Å². The highest BCUT2D eigenvalue weighted by molar-refractivity contribution is 7.89. The van der Waals surface area contributed by atoms with Gasteiger partial charge in [-0.15, -0.1) is 0 Å². The van der Waals surface area contributed by atoms with Crippen LogP contribution in [0.2, 0.25) is 0 Å². The molecular weight excluding hydrogens is 286 g/mol. The lowest BCUT2D eigenvalue weighted by Crippen LogP contribution is -2.41. The van der Waals surface area contributed by atoms with Crippen LogP contribution >= 0.6 is 0 Å². The number of carboxylic acid groups (broad SMARTS) is 1. The monoisotopic (exact) mass is 305 g/mol. The third kappa shape index (κ3) is 3.20. The number of aryl methyl sites for hydroxylation is 2. The lowest BCUT2D eigenvalue weighted by atomic mass is 10.1. The Kier molecular flexibility index (Phi) is 4.95. The highest BCUT2D eigenvalue weighted by Crippen LogP contribution is 2.27. The minimum atomic E-state index is -4.09. The first-order chi connectivity index (χ1) is 9.11. The molecule has 1 rings (SSSR count). The van der Waals surface area contributed by atoms with E-state index in [0.717, 1.165) is 0 Å². The maximum atomic E-state index is 12.3. The summed E-state index contributed by atoms with van der Waals surface area (Å²) in [5.41, 5.74) is -0.379. The van der Waals surface area contributed by atoms with Gasteiger partial charge in [-0.3, -0.25) is 0 Å². The number of hydrogen-bond acceptors (Lipinski definition) is 5. The zero-order chi connectivity index (χ0) is 15.7. The Hall–Kier alpha value is -1.38. The highest BCUT2D eigenvalue weighted by Gasteiger charge is 2.32. The topological polar surface area (TPSA) is 117 Å². The van der Waals surface area contributed by atoms with E-state index in [0.29, 0.717) is 0 Å². The minimum Gasteiger partial charge on any atom is -0.478 e. The molecule has 0 fully saturated rings. The highest BCUT2D eigenvalue weighted by atomic mass is 32.2. The molecular formula is C12H19NO6S. The maximum absolute atomic E-state index is 12.3. The first kappa shape index (κ1) is 16.7. The van der Waals surface area contributed by atoms with Crippen molar-refractivity contribution in [2.45, 2.75) is 38.6 Å². The molecule has 1 aromatic heterocycles. The van der Waals surface area contributed by atoms with Gasteiger partial charge in [-0.05, 0) is 19.8 Å². The number of aromatic carboxylic acids is 1. The smallest absolute Gasteiger partial charge is 0.340 e. The van der Waals surface area contributed by atoms with Gasteiger partial charge in [0.05, 0.1) is 6.61 Å². The molecule has 0 radical (unpaired) electrons. The molecule has 1 heterocycles. The van der Waals surface area contributed by atoms with Gasteiger partial charge in [0.1, 0.15) is 22.0 Å². The van der Waals surface area contributed by atoms with E-state index in [9.17, 15) is 18.3 Å². The summed E-state index contributed by atoms with van der Waals surface area (Å²) in [6.45, 7) is 5.89. The van der Waals surface area contributed by atoms with Gasteiger partial charge < -0.3 is 14.6 Å². The molecule has 0 aliphatic rings. The number of aliphatic hydroxyl groups excluding tert-OH is 1. The molecule has 3 N–H and O–H groups in total. The van der Waals surface area contributed by atoms with Crippen molar-refractivity contribution in [1.29, 1.82) is 0 Å². The third-order valence-electron chi connectivity index (χ3n) is 3.00. The van der Waals surface area contributed by atoms with Crippen LogP contribution in [0.25, 0.3) is 0 Å². The molecule has 0 aliphatic carbocycles. The number of carboxylic acids is 1. The Balaban J connectivity index is 3.33. The fourth-order valence-electron chi connectivity index (χ4n) is 1.88. The summed E-state index contributed by atoms with van der Waals surface area (Å²) >= 11 is 0. The Morgan fingerprint density at radius 2 is 1.85 bits per heavy atom. The molecule has 1 atom stereocenters. The van der Waals surface area contributed by atoms with Gasteiger partial charge in [0.2, 0.25) is 10.0 Å². The number of rotatable bonds is 6. The number of hydrogen-bond donors (Lipinski definition) is 3. The quantitative estimate of drug-likeness (QED) is 0.718. The van der Waals surface area contributed by atoms with Crippen molar-refractivity contribution in [1.82, 2.24) is 4.72 Å². The summed E-state index contributed by atoms with van der Waals surface area (Å²) in [5.74, 6) is -1.48. The number of carbonyl (C=O) groups is 1. The normalized spacial score (nSPS) is 13.7. The van der Waals surface area contributed by atoms with E-state index in [4.69, 9.17) is 9.52 Å². The molecule has 114 valence electrons. The van der Waals surface area contributed by atoms with Crippen molar-refractivity contribution in [3.05, 3.63) is 17.1 Å². The van der Waals surface area contributed by atoms with E-state index in [1.807, 2.05) is 0 Å². The van der Waals surface area contributed by atoms with Crippen LogP contribution in [-0.2, 0) is 10.0 Å². The van der Waals surface area contributed by atoms with Crippen LogP contribution in [0.15, 0.2) is 9.31 Å². The summed E-state index contributed by atoms with van der Waals surface area (Å²) in [4.78, 5) is 10.8. The van der Waals surface area contributed by atoms with Gasteiger partial charge in [-0.25, -0.2) is 17.9 Å². The number of sulfonamides is 1. The van der Waals surface area contributed by atoms with Crippen molar-refractivity contribution < 1.29 is 27.8 Å². The lowest BCUT2D eigenvalue weighted by Gasteiger charge is -2.19. The van der Waals surface area contributed by atoms with Crippen molar-refractivity contribution in [2.75, 3.05) is 6.61 Å². The van der Waals surface area contributed by atoms with E-state index < -0.39 is 22.0 Å². The summed E-state index contributed by atoms with van der Waals surface area (Å²) < 4.78 is 32.1. The van der Waals surface area contributed by atoms with Crippen LogP contribution in [0.3, 0.4) is 0 Å². The van der Waals surface area contributed by atoms with Crippen LogP contribution in [0.5, 0.6) is 0 Å². The second-order valence-corrected chi connectivity index (χ2v) is 6.53. The first-order valence-electron chi connectivity index (χ1n) is 6.08. The van der Waals surface area contributed by atoms with E-state index in [-0.39, 0.29) is 34.5 Å². The minimum absolute atomic E-state index is 0.00726. The summed E-state index contributed by atoms with van der Waals surface area (Å²) in [6.07, 6.45) is 0. The van der Waals surface area contributed by atoms with Gasteiger partial charge in [0.25, 0.3) is 0 Å². The van der Waals surface area contributed by atoms with E-state index >= 15 is 0 Å². The summed E-state index contributed by atoms with van der Waals surface area (Å²) in [7, 11) is -4.09. The molecule has 7 nitrogen and oxygen atoms in total. The van der Waals surface area contributed by atoms with Crippen LogP contribution < -0.4 is 4.72 Å². The lowest BCUT2D eigenvalue weighted by molar-refractivity contribution is 0.0691. The first-order valence-corrected chi connectivity index (χ1v) is 7.56. The third-order valence-corrected chi connectivity index (χ3v) is 4.64. The van der Waals surface area contributed by atoms with E-state index in [2.05, 4.69) is 4.72 Å². The molecule has 1 aromatic rings. The van der Waals surface area contributed by atoms with Crippen LogP contribution in [0, 0.1) is 19.8 Å². The molecule has 0 amide bonds. The molecule has 0 bridgehead atoms. The number of nitrogens with one attached hydrogen (secondary N) is 1. The predicted octanol–water partition coefficient (Wildman–Crippen LogP) is 0.890. The maximum Gasteiger partial charge on any atom is 0.340 e. The van der Waals surface area contributed by atoms with Crippen molar-refractivity contribution in [3.63, 3.8) is 0 Å². The molecule has 0 saturated heterocycles. The molecule has 0 aliphatic heterocycles. The molecule has 8 heteroatoms. The van der Waals surface area contributed by atoms with Gasteiger partial charge >= 0.3 is 5.97 Å². The largest absolute Gasteiger partial charge is 0.478 e. The molecule has 0 aromatic carbocycles. The van der Waals surface area contributed by atoms with Crippen LogP contribution in [0.1, 0.15) is 35.7 Å². The molecule has 20 heavy (non-hydrogen) atoms. The van der Waals surface area contributed by atoms with Gasteiger partial charge in [-0.1, -0.05) is 13.8 Å². The second kappa shape index (κ2) is 5.94. The Morgan fingerprint density at radius 1 is 1.30 bits per heavy atom. The molecule has 1 unspecified atom stereocenters. The van der Waals surface area contributed by atoms with Gasteiger partial charge in [0.15, 0.2) is 0 Å². The predicted molar refractivity (Wildman–Crippen MR) is 71.2 cm³/mol. The Bertz CT molecular complexity index is 602. The molecule has 0 spiro atoms. The van der Waals surface area contributed by atoms with Crippen LogP contribution in [-0.4, -0.2) is 37.2 Å². The summed E-state index contributed by atoms with van der Waals surface area (Å²) in [6, 6.07) is -0.698. The second-order valence-electron chi connectivity index (χ2n) is 4.88. The fraction of sp³-hybridized carbons (Fsp3) is 0.583. The van der Waals surface area contributed by atoms with Crippen molar-refractivity contribution in [2.24, 2.45) is 5.92 Å². The van der Waals surface area contributed by atoms with E-state index in [1.165, 1.54) is 13.8 Å². The number of furan rings is 1. The average Bonchev–Trinajstić information content (AvgIpc) is 2.61. The molecule has 0 saturated carbocycles.